The van der Waals surface area contributed by atoms with Gasteiger partial charge in [0.15, 0.2) is 0 Å². The van der Waals surface area contributed by atoms with Gasteiger partial charge in [0.2, 0.25) is 0 Å². The molecule has 2 nitrogen and oxygen atoms in total. The first-order chi connectivity index (χ1) is 9.17. The zero-order valence-corrected chi connectivity index (χ0v) is 12.9. The molecule has 0 fully saturated rings. The van der Waals surface area contributed by atoms with Crippen LogP contribution in [-0.4, -0.2) is 13.2 Å². The summed E-state index contributed by atoms with van der Waals surface area (Å²) in [6.45, 7) is 10.5. The fourth-order valence-corrected chi connectivity index (χ4v) is 2.35. The molecule has 108 valence electrons. The normalized spacial score (nSPS) is 12.7. The molecule has 0 saturated heterocycles. The Hall–Kier alpha value is -1.02. The lowest BCUT2D eigenvalue weighted by atomic mass is 9.98. The lowest BCUT2D eigenvalue weighted by Gasteiger charge is -2.19. The van der Waals surface area contributed by atoms with E-state index in [1.807, 2.05) is 13.0 Å². The molecule has 0 amide bonds. The highest BCUT2D eigenvalue weighted by Gasteiger charge is 2.11. The molecule has 0 bridgehead atoms. The summed E-state index contributed by atoms with van der Waals surface area (Å²) in [4.78, 5) is 0. The largest absolute Gasteiger partial charge is 0.494 e. The van der Waals surface area contributed by atoms with Crippen molar-refractivity contribution in [3.05, 3.63) is 29.8 Å². The van der Waals surface area contributed by atoms with E-state index in [0.29, 0.717) is 6.04 Å². The molecule has 1 aromatic carbocycles. The molecule has 0 saturated carbocycles. The van der Waals surface area contributed by atoms with E-state index < -0.39 is 0 Å². The molecule has 0 aliphatic carbocycles. The summed E-state index contributed by atoms with van der Waals surface area (Å²) in [6.07, 6.45) is 3.77. The third kappa shape index (κ3) is 6.11. The average Bonchev–Trinajstić information content (AvgIpc) is 2.38. The summed E-state index contributed by atoms with van der Waals surface area (Å²) in [6, 6.07) is 8.94. The highest BCUT2D eigenvalue weighted by atomic mass is 16.5. The van der Waals surface area contributed by atoms with Gasteiger partial charge in [-0.3, -0.25) is 0 Å². The third-order valence-corrected chi connectivity index (χ3v) is 3.30. The zero-order chi connectivity index (χ0) is 14.1. The molecule has 0 spiro atoms. The molecule has 0 aliphatic rings. The van der Waals surface area contributed by atoms with Gasteiger partial charge in [0.25, 0.3) is 0 Å². The second-order valence-corrected chi connectivity index (χ2v) is 5.44. The molecule has 1 atom stereocenters. The van der Waals surface area contributed by atoms with Crippen molar-refractivity contribution < 1.29 is 4.74 Å². The van der Waals surface area contributed by atoms with Gasteiger partial charge in [-0.05, 0) is 43.5 Å². The van der Waals surface area contributed by atoms with Gasteiger partial charge < -0.3 is 10.1 Å². The molecule has 1 unspecified atom stereocenters. The minimum atomic E-state index is 0.448. The Morgan fingerprint density at radius 2 is 1.95 bits per heavy atom. The second-order valence-electron chi connectivity index (χ2n) is 5.44. The summed E-state index contributed by atoms with van der Waals surface area (Å²) in [5, 5.41) is 3.59. The quantitative estimate of drug-likeness (QED) is 0.705. The van der Waals surface area contributed by atoms with Crippen molar-refractivity contribution in [2.75, 3.05) is 13.2 Å². The van der Waals surface area contributed by atoms with E-state index in [9.17, 15) is 0 Å². The molecule has 0 aliphatic heterocycles. The van der Waals surface area contributed by atoms with Crippen molar-refractivity contribution in [1.29, 1.82) is 0 Å². The molecule has 2 heteroatoms. The van der Waals surface area contributed by atoms with Crippen LogP contribution in [-0.2, 0) is 0 Å². The fourth-order valence-electron chi connectivity index (χ4n) is 2.35. The Bertz CT molecular complexity index is 349. The van der Waals surface area contributed by atoms with Crippen LogP contribution in [0.1, 0.15) is 58.6 Å². The Labute approximate surface area is 118 Å². The lowest BCUT2D eigenvalue weighted by molar-refractivity contribution is 0.339. The summed E-state index contributed by atoms with van der Waals surface area (Å²) in [5.74, 6) is 1.77. The SMILES string of the molecule is CCNC(CCCC(C)C)c1cccc(OCC)c1. The van der Waals surface area contributed by atoms with E-state index in [0.717, 1.165) is 24.8 Å². The summed E-state index contributed by atoms with van der Waals surface area (Å²) >= 11 is 0. The smallest absolute Gasteiger partial charge is 0.119 e. The predicted octanol–water partition coefficient (Wildman–Crippen LogP) is 4.56. The summed E-state index contributed by atoms with van der Waals surface area (Å²) in [5.41, 5.74) is 1.34. The highest BCUT2D eigenvalue weighted by molar-refractivity contribution is 5.30. The molecule has 0 heterocycles. The van der Waals surface area contributed by atoms with Gasteiger partial charge in [-0.1, -0.05) is 45.7 Å². The maximum atomic E-state index is 5.59. The monoisotopic (exact) mass is 263 g/mol. The van der Waals surface area contributed by atoms with Gasteiger partial charge >= 0.3 is 0 Å². The number of nitrogens with one attached hydrogen (secondary N) is 1. The van der Waals surface area contributed by atoms with Crippen molar-refractivity contribution in [1.82, 2.24) is 5.32 Å². The fraction of sp³-hybridized carbons (Fsp3) is 0.647. The van der Waals surface area contributed by atoms with E-state index in [2.05, 4.69) is 44.3 Å². The molecule has 1 N–H and O–H groups in total. The molecule has 0 aromatic heterocycles. The van der Waals surface area contributed by atoms with E-state index in [-0.39, 0.29) is 0 Å². The van der Waals surface area contributed by atoms with Crippen LogP contribution in [0.2, 0.25) is 0 Å². The van der Waals surface area contributed by atoms with E-state index >= 15 is 0 Å². The average molecular weight is 263 g/mol. The van der Waals surface area contributed by atoms with Gasteiger partial charge in [-0.25, -0.2) is 0 Å². The van der Waals surface area contributed by atoms with Crippen LogP contribution in [0.3, 0.4) is 0 Å². The number of hydrogen-bond donors (Lipinski definition) is 1. The minimum absolute atomic E-state index is 0.448. The van der Waals surface area contributed by atoms with E-state index in [1.54, 1.807) is 0 Å². The maximum absolute atomic E-state index is 5.59. The van der Waals surface area contributed by atoms with Crippen LogP contribution in [0.4, 0.5) is 0 Å². The van der Waals surface area contributed by atoms with Crippen LogP contribution >= 0.6 is 0 Å². The Morgan fingerprint density at radius 1 is 1.16 bits per heavy atom. The number of benzene rings is 1. The standard InChI is InChI=1S/C17H29NO/c1-5-18-17(12-7-9-14(3)4)15-10-8-11-16(13-15)19-6-2/h8,10-11,13-14,17-18H,5-7,9,12H2,1-4H3. The van der Waals surface area contributed by atoms with E-state index in [1.165, 1.54) is 24.8 Å². The number of rotatable bonds is 9. The lowest BCUT2D eigenvalue weighted by Crippen LogP contribution is -2.21. The van der Waals surface area contributed by atoms with Gasteiger partial charge in [0, 0.05) is 6.04 Å². The Morgan fingerprint density at radius 3 is 2.58 bits per heavy atom. The van der Waals surface area contributed by atoms with Crippen LogP contribution in [0, 0.1) is 5.92 Å². The predicted molar refractivity (Wildman–Crippen MR) is 82.7 cm³/mol. The number of ether oxygens (including phenoxy) is 1. The zero-order valence-electron chi connectivity index (χ0n) is 12.9. The van der Waals surface area contributed by atoms with Crippen LogP contribution in [0.5, 0.6) is 5.75 Å². The second kappa shape index (κ2) is 8.98. The third-order valence-electron chi connectivity index (χ3n) is 3.30. The van der Waals surface area contributed by atoms with Crippen LogP contribution in [0.15, 0.2) is 24.3 Å². The van der Waals surface area contributed by atoms with Gasteiger partial charge in [-0.15, -0.1) is 0 Å². The van der Waals surface area contributed by atoms with Crippen LogP contribution < -0.4 is 10.1 Å². The molecule has 0 radical (unpaired) electrons. The molecule has 19 heavy (non-hydrogen) atoms. The van der Waals surface area contributed by atoms with Crippen molar-refractivity contribution in [2.24, 2.45) is 5.92 Å². The topological polar surface area (TPSA) is 21.3 Å². The summed E-state index contributed by atoms with van der Waals surface area (Å²) < 4.78 is 5.59. The van der Waals surface area contributed by atoms with Crippen molar-refractivity contribution >= 4 is 0 Å². The minimum Gasteiger partial charge on any atom is -0.494 e. The summed E-state index contributed by atoms with van der Waals surface area (Å²) in [7, 11) is 0. The van der Waals surface area contributed by atoms with Gasteiger partial charge in [0.05, 0.1) is 6.61 Å². The Kier molecular flexibility index (Phi) is 7.57. The van der Waals surface area contributed by atoms with Gasteiger partial charge in [0.1, 0.15) is 5.75 Å². The van der Waals surface area contributed by atoms with Gasteiger partial charge in [-0.2, -0.15) is 0 Å². The maximum Gasteiger partial charge on any atom is 0.119 e. The van der Waals surface area contributed by atoms with Crippen LogP contribution in [0.25, 0.3) is 0 Å². The van der Waals surface area contributed by atoms with Crippen molar-refractivity contribution in [3.8, 4) is 5.75 Å². The van der Waals surface area contributed by atoms with E-state index in [4.69, 9.17) is 4.74 Å². The first-order valence-electron chi connectivity index (χ1n) is 7.63. The molecule has 1 rings (SSSR count). The number of hydrogen-bond acceptors (Lipinski definition) is 2. The first-order valence-corrected chi connectivity index (χ1v) is 7.63. The Balaban J connectivity index is 2.65. The van der Waals surface area contributed by atoms with Crippen molar-refractivity contribution in [3.63, 3.8) is 0 Å². The first kappa shape index (κ1) is 16.0. The molecular formula is C17H29NO. The molecule has 1 aromatic rings. The van der Waals surface area contributed by atoms with Crippen molar-refractivity contribution in [2.45, 2.75) is 53.0 Å². The molecular weight excluding hydrogens is 234 g/mol. The highest BCUT2D eigenvalue weighted by Crippen LogP contribution is 2.24.